The van der Waals surface area contributed by atoms with Crippen molar-refractivity contribution in [2.75, 3.05) is 19.8 Å². The number of aryl methyl sites for hydroxylation is 1. The van der Waals surface area contributed by atoms with Crippen molar-refractivity contribution >= 4 is 8.25 Å². The number of halogens is 1. The minimum atomic E-state index is -2.86. The molecule has 0 amide bonds. The van der Waals surface area contributed by atoms with Crippen LogP contribution in [0.5, 0.6) is 11.5 Å². The lowest BCUT2D eigenvalue weighted by Gasteiger charge is -2.14. The molecule has 7 nitrogen and oxygen atoms in total. The minimum Gasteiger partial charge on any atom is -0.493 e. The maximum absolute atomic E-state index is 14.2. The van der Waals surface area contributed by atoms with Gasteiger partial charge in [0.25, 0.3) is 0 Å². The van der Waals surface area contributed by atoms with Crippen LogP contribution in [0.25, 0.3) is 11.1 Å². The second-order valence-corrected chi connectivity index (χ2v) is 9.19. The molecular formula is C26H33FNO6P. The van der Waals surface area contributed by atoms with Gasteiger partial charge in [-0.15, -0.1) is 0 Å². The molecule has 190 valence electrons. The van der Waals surface area contributed by atoms with E-state index in [1.54, 1.807) is 18.6 Å². The number of ether oxygens (including phenoxy) is 2. The van der Waals surface area contributed by atoms with E-state index in [-0.39, 0.29) is 24.3 Å². The van der Waals surface area contributed by atoms with Crippen LogP contribution < -0.4 is 14.8 Å². The Labute approximate surface area is 206 Å². The van der Waals surface area contributed by atoms with E-state index in [2.05, 4.69) is 15.9 Å². The zero-order valence-electron chi connectivity index (χ0n) is 20.1. The monoisotopic (exact) mass is 505 g/mol. The predicted molar refractivity (Wildman–Crippen MR) is 134 cm³/mol. The van der Waals surface area contributed by atoms with E-state index in [0.29, 0.717) is 32.5 Å². The molecule has 1 heterocycles. The highest BCUT2D eigenvalue weighted by atomic mass is 31.1. The molecule has 0 spiro atoms. The van der Waals surface area contributed by atoms with Gasteiger partial charge in [-0.2, -0.15) is 0 Å². The smallest absolute Gasteiger partial charge is 0.316 e. The Morgan fingerprint density at radius 3 is 2.57 bits per heavy atom. The third-order valence-corrected chi connectivity index (χ3v) is 5.61. The highest BCUT2D eigenvalue weighted by Crippen LogP contribution is 2.32. The molecule has 3 rings (SSSR count). The second-order valence-electron chi connectivity index (χ2n) is 8.37. The maximum Gasteiger partial charge on any atom is 0.316 e. The fraction of sp³-hybridized carbons (Fsp3) is 0.385. The lowest BCUT2D eigenvalue weighted by atomic mass is 10.0. The molecule has 0 aliphatic heterocycles. The summed E-state index contributed by atoms with van der Waals surface area (Å²) in [5.41, 5.74) is 3.83. The van der Waals surface area contributed by atoms with E-state index in [4.69, 9.17) is 18.8 Å². The molecule has 0 saturated heterocycles. The molecular weight excluding hydrogens is 472 g/mol. The Bertz CT molecular complexity index is 1070. The van der Waals surface area contributed by atoms with E-state index in [0.717, 1.165) is 34.4 Å². The fourth-order valence-electron chi connectivity index (χ4n) is 3.55. The summed E-state index contributed by atoms with van der Waals surface area (Å²) in [5.74, 6) is 0.680. The van der Waals surface area contributed by atoms with Crippen molar-refractivity contribution in [1.82, 2.24) is 5.32 Å². The lowest BCUT2D eigenvalue weighted by molar-refractivity contribution is 0.231. The highest BCUT2D eigenvalue weighted by Gasteiger charge is 2.10. The first-order valence-electron chi connectivity index (χ1n) is 11.7. The zero-order valence-corrected chi connectivity index (χ0v) is 21.1. The van der Waals surface area contributed by atoms with Crippen LogP contribution in [0.1, 0.15) is 37.8 Å². The van der Waals surface area contributed by atoms with E-state index < -0.39 is 8.25 Å². The van der Waals surface area contributed by atoms with Crippen molar-refractivity contribution in [3.05, 3.63) is 71.9 Å². The van der Waals surface area contributed by atoms with Gasteiger partial charge in [0.05, 0.1) is 31.8 Å². The molecule has 9 heteroatoms. The number of benzene rings is 2. The van der Waals surface area contributed by atoms with E-state index in [1.165, 1.54) is 6.07 Å². The summed E-state index contributed by atoms with van der Waals surface area (Å²) in [4.78, 5) is 8.68. The van der Waals surface area contributed by atoms with Gasteiger partial charge in [0.2, 0.25) is 0 Å². The predicted octanol–water partition coefficient (Wildman–Crippen LogP) is 5.76. The Balaban J connectivity index is 1.53. The fourth-order valence-corrected chi connectivity index (χ4v) is 3.87. The Kier molecular flexibility index (Phi) is 10.8. The highest BCUT2D eigenvalue weighted by molar-refractivity contribution is 7.32. The van der Waals surface area contributed by atoms with Crippen LogP contribution in [0.15, 0.2) is 59.4 Å². The summed E-state index contributed by atoms with van der Waals surface area (Å²) >= 11 is 0. The average Bonchev–Trinajstić information content (AvgIpc) is 3.35. The first-order valence-corrected chi connectivity index (χ1v) is 13.0. The molecule has 0 saturated carbocycles. The number of rotatable bonds is 15. The molecule has 2 N–H and O–H groups in total. The number of hydrogen-bond donors (Lipinski definition) is 2. The van der Waals surface area contributed by atoms with Gasteiger partial charge in [0.1, 0.15) is 5.75 Å². The summed E-state index contributed by atoms with van der Waals surface area (Å²) in [6.45, 7) is 5.78. The van der Waals surface area contributed by atoms with Crippen LogP contribution in [0.3, 0.4) is 0 Å². The topological polar surface area (TPSA) is 90.2 Å². The van der Waals surface area contributed by atoms with Crippen LogP contribution in [-0.4, -0.2) is 30.8 Å². The molecule has 2 aromatic carbocycles. The van der Waals surface area contributed by atoms with Crippen LogP contribution in [0, 0.1) is 5.82 Å². The third-order valence-electron chi connectivity index (χ3n) is 5.16. The number of hydrogen-bond acceptors (Lipinski definition) is 6. The average molecular weight is 506 g/mol. The van der Waals surface area contributed by atoms with Crippen molar-refractivity contribution in [3.63, 3.8) is 0 Å². The van der Waals surface area contributed by atoms with Crippen molar-refractivity contribution < 1.29 is 32.3 Å². The van der Waals surface area contributed by atoms with Gasteiger partial charge < -0.3 is 28.6 Å². The summed E-state index contributed by atoms with van der Waals surface area (Å²) in [7, 11) is -2.86. The Hall–Kier alpha value is -2.64. The Morgan fingerprint density at radius 1 is 1.06 bits per heavy atom. The first kappa shape index (κ1) is 27.0. The maximum atomic E-state index is 14.2. The van der Waals surface area contributed by atoms with Crippen LogP contribution in [0.4, 0.5) is 4.39 Å². The largest absolute Gasteiger partial charge is 0.493 e. The van der Waals surface area contributed by atoms with Gasteiger partial charge in [0, 0.05) is 17.7 Å². The lowest BCUT2D eigenvalue weighted by Crippen LogP contribution is -2.16. The summed E-state index contributed by atoms with van der Waals surface area (Å²) < 4.78 is 46.3. The zero-order chi connectivity index (χ0) is 25.0. The van der Waals surface area contributed by atoms with Crippen LogP contribution >= 0.6 is 8.25 Å². The van der Waals surface area contributed by atoms with Crippen molar-refractivity contribution in [2.24, 2.45) is 0 Å². The summed E-state index contributed by atoms with van der Waals surface area (Å²) in [6, 6.07) is 13.0. The van der Waals surface area contributed by atoms with E-state index in [1.807, 2.05) is 38.1 Å². The van der Waals surface area contributed by atoms with Crippen molar-refractivity contribution in [1.29, 1.82) is 0 Å². The molecule has 0 aliphatic rings. The molecule has 3 aromatic rings. The van der Waals surface area contributed by atoms with Crippen molar-refractivity contribution in [3.8, 4) is 22.6 Å². The van der Waals surface area contributed by atoms with Gasteiger partial charge in [-0.05, 0) is 81.1 Å². The van der Waals surface area contributed by atoms with Crippen molar-refractivity contribution in [2.45, 2.75) is 45.8 Å². The quantitative estimate of drug-likeness (QED) is 0.200. The van der Waals surface area contributed by atoms with E-state index in [9.17, 15) is 8.96 Å². The van der Waals surface area contributed by atoms with Gasteiger partial charge >= 0.3 is 8.25 Å². The molecule has 1 unspecified atom stereocenters. The standard InChI is InChI=1S/C26H33FNO6P/c1-19(2)34-26-9-6-20(16-24(26)27)5-3-12-32-25-8-7-21(15-23(25)22-10-14-31-18-22)17-28-11-4-13-33-35(29)30/h6-10,14-16,18-19,28,35H,3-5,11-13,17H2,1-2H3,(H,29,30). The molecule has 1 aromatic heterocycles. The number of furan rings is 1. The summed E-state index contributed by atoms with van der Waals surface area (Å²) in [5, 5.41) is 3.30. The van der Waals surface area contributed by atoms with Gasteiger partial charge in [-0.3, -0.25) is 4.57 Å². The summed E-state index contributed by atoms with van der Waals surface area (Å²) in [6.07, 6.45) is 5.30. The van der Waals surface area contributed by atoms with Crippen LogP contribution in [0.2, 0.25) is 0 Å². The van der Waals surface area contributed by atoms with Crippen LogP contribution in [-0.2, 0) is 22.1 Å². The molecule has 0 aliphatic carbocycles. The van der Waals surface area contributed by atoms with Gasteiger partial charge in [0.15, 0.2) is 11.6 Å². The first-order chi connectivity index (χ1) is 16.9. The van der Waals surface area contributed by atoms with E-state index >= 15 is 0 Å². The molecule has 0 bridgehead atoms. The molecule has 0 fully saturated rings. The molecule has 35 heavy (non-hydrogen) atoms. The third kappa shape index (κ3) is 9.15. The molecule has 0 radical (unpaired) electrons. The minimum absolute atomic E-state index is 0.0735. The molecule has 1 atom stereocenters. The van der Waals surface area contributed by atoms with Gasteiger partial charge in [-0.1, -0.05) is 12.1 Å². The number of nitrogens with one attached hydrogen (secondary N) is 1. The van der Waals surface area contributed by atoms with Gasteiger partial charge in [-0.25, -0.2) is 4.39 Å². The normalized spacial score (nSPS) is 12.1. The Morgan fingerprint density at radius 2 is 1.86 bits per heavy atom. The second kappa shape index (κ2) is 14.0. The SMILES string of the molecule is CC(C)Oc1ccc(CCCOc2ccc(CNCCCO[PH](=O)O)cc2-c2ccoc2)cc1F.